The number of benzene rings is 1. The Morgan fingerprint density at radius 3 is 2.85 bits per heavy atom. The van der Waals surface area contributed by atoms with Crippen LogP contribution in [0.3, 0.4) is 0 Å². The molecule has 2 aromatic heterocycles. The van der Waals surface area contributed by atoms with Gasteiger partial charge in [-0.15, -0.1) is 0 Å². The lowest BCUT2D eigenvalue weighted by atomic mass is 10.2. The van der Waals surface area contributed by atoms with Gasteiger partial charge in [-0.1, -0.05) is 18.2 Å². The maximum atomic E-state index is 4.27. The predicted molar refractivity (Wildman–Crippen MR) is 80.6 cm³/mol. The summed E-state index contributed by atoms with van der Waals surface area (Å²) < 4.78 is 2.61. The second-order valence-corrected chi connectivity index (χ2v) is 4.97. The summed E-state index contributed by atoms with van der Waals surface area (Å²) in [6.45, 7) is 0.666. The summed E-state index contributed by atoms with van der Waals surface area (Å²) >= 11 is 3.33. The van der Waals surface area contributed by atoms with Gasteiger partial charge in [0, 0.05) is 25.0 Å². The molecule has 5 nitrogen and oxygen atoms in total. The van der Waals surface area contributed by atoms with Gasteiger partial charge in [0.15, 0.2) is 0 Å². The molecule has 0 atom stereocenters. The Morgan fingerprint density at radius 1 is 1.15 bits per heavy atom. The fourth-order valence-electron chi connectivity index (χ4n) is 1.91. The topological polar surface area (TPSA) is 55.6 Å². The molecule has 20 heavy (non-hydrogen) atoms. The Labute approximate surface area is 124 Å². The van der Waals surface area contributed by atoms with Gasteiger partial charge in [0.25, 0.3) is 0 Å². The van der Waals surface area contributed by atoms with Gasteiger partial charge in [-0.05, 0) is 33.6 Å². The van der Waals surface area contributed by atoms with Gasteiger partial charge < -0.3 is 5.32 Å². The average Bonchev–Trinajstić information content (AvgIpc) is 3.00. The van der Waals surface area contributed by atoms with E-state index in [1.165, 1.54) is 6.33 Å². The van der Waals surface area contributed by atoms with Gasteiger partial charge in [-0.2, -0.15) is 5.10 Å². The monoisotopic (exact) mass is 329 g/mol. The molecule has 0 bridgehead atoms. The van der Waals surface area contributed by atoms with Crippen LogP contribution in [-0.4, -0.2) is 19.7 Å². The number of aromatic nitrogens is 4. The molecule has 2 heterocycles. The van der Waals surface area contributed by atoms with Crippen molar-refractivity contribution in [3.8, 4) is 5.69 Å². The first-order valence-electron chi connectivity index (χ1n) is 6.12. The number of hydrogen-bond donors (Lipinski definition) is 1. The van der Waals surface area contributed by atoms with Crippen molar-refractivity contribution < 1.29 is 0 Å². The van der Waals surface area contributed by atoms with Crippen LogP contribution in [0, 0.1) is 0 Å². The highest BCUT2D eigenvalue weighted by Gasteiger charge is 2.04. The predicted octanol–water partition coefficient (Wildman–Crippen LogP) is 3.04. The van der Waals surface area contributed by atoms with Gasteiger partial charge in [0.2, 0.25) is 0 Å². The summed E-state index contributed by atoms with van der Waals surface area (Å²) in [7, 11) is 0. The molecule has 6 heteroatoms. The van der Waals surface area contributed by atoms with Crippen LogP contribution < -0.4 is 5.32 Å². The Kier molecular flexibility index (Phi) is 3.73. The molecule has 3 aromatic rings. The van der Waals surface area contributed by atoms with Crippen LogP contribution in [0.1, 0.15) is 5.56 Å². The highest BCUT2D eigenvalue weighted by molar-refractivity contribution is 9.10. The molecule has 0 saturated heterocycles. The summed E-state index contributed by atoms with van der Waals surface area (Å²) in [6, 6.07) is 11.9. The Balaban J connectivity index is 1.81. The van der Waals surface area contributed by atoms with Crippen molar-refractivity contribution in [3.63, 3.8) is 0 Å². The standard InChI is InChI=1S/C14H12BrN5/c15-13-8-14(18-10-17-13)16-9-11-4-1-2-5-12(11)20-7-3-6-19-20/h1-8,10H,9H2,(H,16,17,18). The van der Waals surface area contributed by atoms with Crippen LogP contribution in [0.5, 0.6) is 0 Å². The molecule has 0 spiro atoms. The zero-order valence-corrected chi connectivity index (χ0v) is 12.2. The number of rotatable bonds is 4. The number of halogens is 1. The summed E-state index contributed by atoms with van der Waals surface area (Å²) in [6.07, 6.45) is 5.22. The fourth-order valence-corrected chi connectivity index (χ4v) is 2.22. The van der Waals surface area contributed by atoms with Crippen molar-refractivity contribution >= 4 is 21.7 Å². The molecule has 0 fully saturated rings. The highest BCUT2D eigenvalue weighted by Crippen LogP contribution is 2.16. The second-order valence-electron chi connectivity index (χ2n) is 4.16. The van der Waals surface area contributed by atoms with E-state index in [0.29, 0.717) is 6.54 Å². The van der Waals surface area contributed by atoms with Crippen molar-refractivity contribution in [2.45, 2.75) is 6.54 Å². The van der Waals surface area contributed by atoms with E-state index in [1.54, 1.807) is 6.20 Å². The van der Waals surface area contributed by atoms with Gasteiger partial charge in [-0.25, -0.2) is 14.6 Å². The number of nitrogens with zero attached hydrogens (tertiary/aromatic N) is 4. The van der Waals surface area contributed by atoms with Crippen molar-refractivity contribution in [1.29, 1.82) is 0 Å². The maximum absolute atomic E-state index is 4.27. The second kappa shape index (κ2) is 5.83. The lowest BCUT2D eigenvalue weighted by Crippen LogP contribution is -2.06. The van der Waals surface area contributed by atoms with Crippen molar-refractivity contribution in [3.05, 3.63) is 65.3 Å². The zero-order valence-electron chi connectivity index (χ0n) is 10.6. The SMILES string of the molecule is Brc1cc(NCc2ccccc2-n2cccn2)ncn1. The number of anilines is 1. The molecule has 0 aliphatic carbocycles. The van der Waals surface area contributed by atoms with Crippen LogP contribution in [0.15, 0.2) is 59.7 Å². The van der Waals surface area contributed by atoms with E-state index >= 15 is 0 Å². The largest absolute Gasteiger partial charge is 0.366 e. The molecule has 0 aliphatic heterocycles. The molecule has 100 valence electrons. The van der Waals surface area contributed by atoms with E-state index in [0.717, 1.165) is 21.7 Å². The summed E-state index contributed by atoms with van der Waals surface area (Å²) in [4.78, 5) is 8.18. The molecular weight excluding hydrogens is 318 g/mol. The van der Waals surface area contributed by atoms with Crippen molar-refractivity contribution in [2.24, 2.45) is 0 Å². The molecule has 3 rings (SSSR count). The first-order valence-corrected chi connectivity index (χ1v) is 6.91. The van der Waals surface area contributed by atoms with Crippen LogP contribution in [-0.2, 0) is 6.54 Å². The first kappa shape index (κ1) is 12.8. The van der Waals surface area contributed by atoms with Gasteiger partial charge in [0.1, 0.15) is 16.7 Å². The molecule has 0 saturated carbocycles. The third kappa shape index (κ3) is 2.85. The summed E-state index contributed by atoms with van der Waals surface area (Å²) in [5, 5.41) is 7.55. The minimum absolute atomic E-state index is 0.666. The average molecular weight is 330 g/mol. The van der Waals surface area contributed by atoms with Gasteiger partial charge in [0.05, 0.1) is 5.69 Å². The zero-order chi connectivity index (χ0) is 13.8. The van der Waals surface area contributed by atoms with Gasteiger partial charge >= 0.3 is 0 Å². The smallest absolute Gasteiger partial charge is 0.130 e. The van der Waals surface area contributed by atoms with Crippen molar-refractivity contribution in [2.75, 3.05) is 5.32 Å². The van der Waals surface area contributed by atoms with E-state index in [9.17, 15) is 0 Å². The summed E-state index contributed by atoms with van der Waals surface area (Å²) in [5.74, 6) is 0.780. The number of para-hydroxylation sites is 1. The maximum Gasteiger partial charge on any atom is 0.130 e. The lowest BCUT2D eigenvalue weighted by Gasteiger charge is -2.11. The van der Waals surface area contributed by atoms with Crippen molar-refractivity contribution in [1.82, 2.24) is 19.7 Å². The Morgan fingerprint density at radius 2 is 2.05 bits per heavy atom. The molecule has 0 radical (unpaired) electrons. The lowest BCUT2D eigenvalue weighted by molar-refractivity contribution is 0.863. The quantitative estimate of drug-likeness (QED) is 0.747. The number of hydrogen-bond acceptors (Lipinski definition) is 4. The third-order valence-electron chi connectivity index (χ3n) is 2.84. The number of nitrogens with one attached hydrogen (secondary N) is 1. The fraction of sp³-hybridized carbons (Fsp3) is 0.0714. The molecule has 1 N–H and O–H groups in total. The van der Waals surface area contributed by atoms with E-state index < -0.39 is 0 Å². The normalized spacial score (nSPS) is 10.4. The van der Waals surface area contributed by atoms with Crippen LogP contribution in [0.4, 0.5) is 5.82 Å². The summed E-state index contributed by atoms with van der Waals surface area (Å²) in [5.41, 5.74) is 2.20. The molecular formula is C14H12BrN5. The molecule has 0 amide bonds. The van der Waals surface area contributed by atoms with Crippen LogP contribution >= 0.6 is 15.9 Å². The van der Waals surface area contributed by atoms with E-state index in [1.807, 2.05) is 41.2 Å². The van der Waals surface area contributed by atoms with E-state index in [-0.39, 0.29) is 0 Å². The van der Waals surface area contributed by atoms with E-state index in [2.05, 4.69) is 42.4 Å². The Hall–Kier alpha value is -2.21. The minimum Gasteiger partial charge on any atom is -0.366 e. The minimum atomic E-state index is 0.666. The molecule has 0 unspecified atom stereocenters. The molecule has 1 aromatic carbocycles. The highest BCUT2D eigenvalue weighted by atomic mass is 79.9. The first-order chi connectivity index (χ1) is 9.83. The van der Waals surface area contributed by atoms with E-state index in [4.69, 9.17) is 0 Å². The van der Waals surface area contributed by atoms with Gasteiger partial charge in [-0.3, -0.25) is 0 Å². The Bertz CT molecular complexity index is 696. The van der Waals surface area contributed by atoms with Crippen LogP contribution in [0.2, 0.25) is 0 Å². The third-order valence-corrected chi connectivity index (χ3v) is 3.27. The van der Waals surface area contributed by atoms with Crippen LogP contribution in [0.25, 0.3) is 5.69 Å². The molecule has 0 aliphatic rings.